The lowest BCUT2D eigenvalue weighted by Gasteiger charge is -2.29. The lowest BCUT2D eigenvalue weighted by molar-refractivity contribution is -0.118. The van der Waals surface area contributed by atoms with Crippen molar-refractivity contribution in [2.75, 3.05) is 0 Å². The van der Waals surface area contributed by atoms with Crippen LogP contribution in [0.25, 0.3) is 0 Å². The molecule has 2 nitrogen and oxygen atoms in total. The van der Waals surface area contributed by atoms with Crippen molar-refractivity contribution in [1.82, 2.24) is 0 Å². The molecule has 1 aliphatic heterocycles. The number of carbonyl (C=O) groups is 1. The van der Waals surface area contributed by atoms with Gasteiger partial charge in [0, 0.05) is 24.3 Å². The first-order valence-electron chi connectivity index (χ1n) is 6.50. The molecule has 2 heteroatoms. The SMILES string of the molecule is CC1(C)CC(=O)C2=C(C1)O[C@@H]1CCCC[C@H]21. The van der Waals surface area contributed by atoms with Gasteiger partial charge in [0.1, 0.15) is 11.9 Å². The molecule has 0 amide bonds. The van der Waals surface area contributed by atoms with Crippen LogP contribution in [0.5, 0.6) is 0 Å². The summed E-state index contributed by atoms with van der Waals surface area (Å²) >= 11 is 0. The van der Waals surface area contributed by atoms with Crippen molar-refractivity contribution in [3.05, 3.63) is 11.3 Å². The van der Waals surface area contributed by atoms with Crippen molar-refractivity contribution in [1.29, 1.82) is 0 Å². The molecule has 3 aliphatic rings. The van der Waals surface area contributed by atoms with Gasteiger partial charge in [0.2, 0.25) is 0 Å². The lowest BCUT2D eigenvalue weighted by atomic mass is 9.72. The maximum absolute atomic E-state index is 12.2. The zero-order valence-electron chi connectivity index (χ0n) is 10.2. The molecule has 3 rings (SSSR count). The van der Waals surface area contributed by atoms with Gasteiger partial charge < -0.3 is 4.74 Å². The highest BCUT2D eigenvalue weighted by Crippen LogP contribution is 2.48. The highest BCUT2D eigenvalue weighted by atomic mass is 16.5. The van der Waals surface area contributed by atoms with Crippen LogP contribution in [-0.2, 0) is 9.53 Å². The smallest absolute Gasteiger partial charge is 0.163 e. The largest absolute Gasteiger partial charge is 0.494 e. The van der Waals surface area contributed by atoms with E-state index in [1.807, 2.05) is 0 Å². The number of hydrogen-bond acceptors (Lipinski definition) is 2. The van der Waals surface area contributed by atoms with Gasteiger partial charge in [-0.3, -0.25) is 4.79 Å². The van der Waals surface area contributed by atoms with Gasteiger partial charge >= 0.3 is 0 Å². The Morgan fingerprint density at radius 3 is 2.75 bits per heavy atom. The first kappa shape index (κ1) is 10.4. The Bertz CT molecular complexity index is 365. The molecule has 1 saturated carbocycles. The molecule has 0 saturated heterocycles. The second kappa shape index (κ2) is 3.35. The molecule has 0 aromatic heterocycles. The van der Waals surface area contributed by atoms with Gasteiger partial charge in [-0.05, 0) is 24.7 Å². The number of Topliss-reactive ketones (excluding diaryl/α,β-unsaturated/α-hetero) is 1. The van der Waals surface area contributed by atoms with Crippen LogP contribution in [0.4, 0.5) is 0 Å². The van der Waals surface area contributed by atoms with Gasteiger partial charge in [0.15, 0.2) is 5.78 Å². The minimum atomic E-state index is 0.101. The monoisotopic (exact) mass is 220 g/mol. The third-order valence-corrected chi connectivity index (χ3v) is 4.25. The van der Waals surface area contributed by atoms with E-state index in [9.17, 15) is 4.79 Å². The quantitative estimate of drug-likeness (QED) is 0.626. The number of allylic oxidation sites excluding steroid dienone is 1. The highest BCUT2D eigenvalue weighted by Gasteiger charge is 2.46. The summed E-state index contributed by atoms with van der Waals surface area (Å²) < 4.78 is 6.03. The average Bonchev–Trinajstić information content (AvgIpc) is 2.52. The summed E-state index contributed by atoms with van der Waals surface area (Å²) in [6.07, 6.45) is 6.83. The number of ketones is 1. The molecule has 0 bridgehead atoms. The normalized spacial score (nSPS) is 36.8. The van der Waals surface area contributed by atoms with Gasteiger partial charge in [-0.1, -0.05) is 20.3 Å². The van der Waals surface area contributed by atoms with E-state index in [1.54, 1.807) is 0 Å². The van der Waals surface area contributed by atoms with Crippen LogP contribution in [0.15, 0.2) is 11.3 Å². The number of carbonyl (C=O) groups excluding carboxylic acids is 1. The van der Waals surface area contributed by atoms with Crippen LogP contribution in [0, 0.1) is 11.3 Å². The van der Waals surface area contributed by atoms with E-state index < -0.39 is 0 Å². The number of fused-ring (bicyclic) bond motifs is 2. The summed E-state index contributed by atoms with van der Waals surface area (Å²) in [6.45, 7) is 4.33. The van der Waals surface area contributed by atoms with Crippen molar-refractivity contribution in [2.24, 2.45) is 11.3 Å². The molecule has 0 unspecified atom stereocenters. The van der Waals surface area contributed by atoms with Gasteiger partial charge in [0.05, 0.1) is 0 Å². The summed E-state index contributed by atoms with van der Waals surface area (Å²) in [5.74, 6) is 1.84. The van der Waals surface area contributed by atoms with E-state index in [1.165, 1.54) is 12.8 Å². The summed E-state index contributed by atoms with van der Waals surface area (Å²) in [5, 5.41) is 0. The number of ether oxygens (including phenoxy) is 1. The predicted octanol–water partition coefficient (Wildman–Crippen LogP) is 3.22. The topological polar surface area (TPSA) is 26.3 Å². The van der Waals surface area contributed by atoms with Crippen LogP contribution in [0.1, 0.15) is 52.4 Å². The van der Waals surface area contributed by atoms with Crippen molar-refractivity contribution >= 4 is 5.78 Å². The molecule has 1 fully saturated rings. The first-order valence-corrected chi connectivity index (χ1v) is 6.50. The van der Waals surface area contributed by atoms with E-state index >= 15 is 0 Å². The Morgan fingerprint density at radius 2 is 1.94 bits per heavy atom. The molecule has 2 aliphatic carbocycles. The fraction of sp³-hybridized carbons (Fsp3) is 0.786. The van der Waals surface area contributed by atoms with Crippen LogP contribution >= 0.6 is 0 Å². The molecule has 2 atom stereocenters. The molecule has 0 spiro atoms. The minimum absolute atomic E-state index is 0.101. The molecule has 0 radical (unpaired) electrons. The van der Waals surface area contributed by atoms with E-state index in [4.69, 9.17) is 4.74 Å². The fourth-order valence-corrected chi connectivity index (χ4v) is 3.55. The lowest BCUT2D eigenvalue weighted by Crippen LogP contribution is -2.28. The Morgan fingerprint density at radius 1 is 1.19 bits per heavy atom. The average molecular weight is 220 g/mol. The second-order valence-corrected chi connectivity index (χ2v) is 6.33. The molecule has 16 heavy (non-hydrogen) atoms. The Balaban J connectivity index is 1.93. The Labute approximate surface area is 97.1 Å². The third kappa shape index (κ3) is 1.50. The van der Waals surface area contributed by atoms with Crippen molar-refractivity contribution in [2.45, 2.75) is 58.5 Å². The summed E-state index contributed by atoms with van der Waals surface area (Å²) in [5.41, 5.74) is 1.17. The second-order valence-electron chi connectivity index (χ2n) is 6.33. The zero-order chi connectivity index (χ0) is 11.3. The molecular formula is C14H20O2. The minimum Gasteiger partial charge on any atom is -0.494 e. The van der Waals surface area contributed by atoms with Gasteiger partial charge in [-0.25, -0.2) is 0 Å². The molecular weight excluding hydrogens is 200 g/mol. The molecule has 0 aromatic rings. The predicted molar refractivity (Wildman–Crippen MR) is 61.9 cm³/mol. The fourth-order valence-electron chi connectivity index (χ4n) is 3.55. The molecule has 0 aromatic carbocycles. The van der Waals surface area contributed by atoms with Crippen LogP contribution in [-0.4, -0.2) is 11.9 Å². The van der Waals surface area contributed by atoms with E-state index in [0.29, 0.717) is 24.2 Å². The Hall–Kier alpha value is -0.790. The van der Waals surface area contributed by atoms with Crippen LogP contribution in [0.2, 0.25) is 0 Å². The summed E-state index contributed by atoms with van der Waals surface area (Å²) in [6, 6.07) is 0. The third-order valence-electron chi connectivity index (χ3n) is 4.25. The van der Waals surface area contributed by atoms with Crippen LogP contribution < -0.4 is 0 Å². The van der Waals surface area contributed by atoms with E-state index in [2.05, 4.69) is 13.8 Å². The maximum atomic E-state index is 12.2. The Kier molecular flexibility index (Phi) is 2.17. The molecule has 1 heterocycles. The highest BCUT2D eigenvalue weighted by molar-refractivity contribution is 5.98. The van der Waals surface area contributed by atoms with E-state index in [0.717, 1.165) is 30.6 Å². The van der Waals surface area contributed by atoms with Crippen LogP contribution in [0.3, 0.4) is 0 Å². The van der Waals surface area contributed by atoms with Gasteiger partial charge in [-0.15, -0.1) is 0 Å². The van der Waals surface area contributed by atoms with Crippen molar-refractivity contribution in [3.8, 4) is 0 Å². The van der Waals surface area contributed by atoms with Gasteiger partial charge in [0.25, 0.3) is 0 Å². The molecule has 88 valence electrons. The van der Waals surface area contributed by atoms with Crippen molar-refractivity contribution < 1.29 is 9.53 Å². The maximum Gasteiger partial charge on any atom is 0.163 e. The van der Waals surface area contributed by atoms with Gasteiger partial charge in [-0.2, -0.15) is 0 Å². The molecule has 0 N–H and O–H groups in total. The standard InChI is InChI=1S/C14H20O2/c1-14(2)7-10(15)13-9-5-3-4-6-11(9)16-12(13)8-14/h9,11H,3-8H2,1-2H3/t9-,11+/m0/s1. The first-order chi connectivity index (χ1) is 7.57. The van der Waals surface area contributed by atoms with E-state index in [-0.39, 0.29) is 5.41 Å². The summed E-state index contributed by atoms with van der Waals surface area (Å²) in [7, 11) is 0. The summed E-state index contributed by atoms with van der Waals surface area (Å²) in [4.78, 5) is 12.2. The zero-order valence-corrected chi connectivity index (χ0v) is 10.2. The van der Waals surface area contributed by atoms with Crippen molar-refractivity contribution in [3.63, 3.8) is 0 Å². The number of rotatable bonds is 0. The number of hydrogen-bond donors (Lipinski definition) is 0.